The number of imide groups is 5. The summed E-state index contributed by atoms with van der Waals surface area (Å²) in [6.45, 7) is 3.41. The molecule has 534 valence electrons. The molecule has 0 saturated carbocycles. The van der Waals surface area contributed by atoms with Gasteiger partial charge in [-0.05, 0) is 121 Å². The van der Waals surface area contributed by atoms with Crippen LogP contribution < -0.4 is 67.4 Å². The standard InChI is InChI=1S/C26H23N5O6.C25H21N5O6.C23H16N4O6/c1-25(22(34)30(2)24(36)29-25)17-7-4-15(5-8-17)10-11-26(21(33)27-23(35)28-26)14-31-13-16-6-9-18(37-3)12-19(16)20(31)32;1-24(20(32)26-22(34)28-24)16-5-3-4-14(10-16)8-9-25(21(33)27-23(35)29-25)13-30-12-15-6-7-17(36-2)11-18(15)19(30)31;1-33-14-4-3-13-10-27(20(30)15(13)9-14)11-23(21(31)25-22(32)26-23)7-6-12-2-5-17-16(8-12)18(28)19(29)24-17/h4-9,12H,13-14H2,1-3H3,(H,29,36)(H2,27,28,33,35);3-7,10-11H,12-13H2,1-2H3,(H2,26,28,32,34)(H2,27,29,33,35);2-5,8-9H,10-11H2,1H3,(H,24,28,29)(H2,25,26,31,32)/t25?,26-;24?,25-;23-/m111/s1. The Balaban J connectivity index is 0.000000141. The molecule has 5 fully saturated rings. The third-order valence-corrected chi connectivity index (χ3v) is 19.0. The monoisotopic (exact) mass is 1430 g/mol. The summed E-state index contributed by atoms with van der Waals surface area (Å²) in [5.74, 6) is 13.4. The van der Waals surface area contributed by atoms with Crippen LogP contribution in [0.15, 0.2) is 121 Å². The van der Waals surface area contributed by atoms with E-state index in [1.165, 1.54) is 55.2 Å². The lowest BCUT2D eigenvalue weighted by molar-refractivity contribution is -0.130. The Kier molecular flexibility index (Phi) is 17.6. The van der Waals surface area contributed by atoms with Crippen molar-refractivity contribution in [2.24, 2.45) is 0 Å². The molecule has 32 nitrogen and oxygen atoms in total. The number of fused-ring (bicyclic) bond motifs is 4. The molecule has 0 radical (unpaired) electrons. The molecule has 19 amide bonds. The molecule has 32 heteroatoms. The van der Waals surface area contributed by atoms with Crippen molar-refractivity contribution >= 4 is 94.8 Å². The van der Waals surface area contributed by atoms with E-state index in [0.29, 0.717) is 67.4 Å². The number of ketones is 1. The van der Waals surface area contributed by atoms with Crippen molar-refractivity contribution in [3.05, 3.63) is 188 Å². The highest BCUT2D eigenvalue weighted by Gasteiger charge is 2.53. The molecule has 0 spiro atoms. The number of hydrogen-bond acceptors (Lipinski definition) is 18. The van der Waals surface area contributed by atoms with Gasteiger partial charge in [0.1, 0.15) is 28.3 Å². The van der Waals surface area contributed by atoms with E-state index in [2.05, 4.69) is 88.7 Å². The van der Waals surface area contributed by atoms with E-state index in [1.807, 2.05) is 0 Å². The minimum Gasteiger partial charge on any atom is -0.497 e. The quantitative estimate of drug-likeness (QED) is 0.0498. The molecule has 2 unspecified atom stereocenters. The van der Waals surface area contributed by atoms with Gasteiger partial charge in [0.2, 0.25) is 16.6 Å². The molecule has 9 aliphatic heterocycles. The van der Waals surface area contributed by atoms with Crippen molar-refractivity contribution in [1.82, 2.24) is 67.5 Å². The predicted molar refractivity (Wildman–Crippen MR) is 367 cm³/mol. The van der Waals surface area contributed by atoms with E-state index in [-0.39, 0.29) is 68.5 Å². The van der Waals surface area contributed by atoms with Crippen molar-refractivity contribution in [2.75, 3.05) is 53.3 Å². The van der Waals surface area contributed by atoms with E-state index in [0.717, 1.165) is 21.6 Å². The minimum absolute atomic E-state index is 0.156. The third-order valence-electron chi connectivity index (χ3n) is 19.0. The maximum Gasteiger partial charge on any atom is 0.325 e. The Bertz CT molecular complexity index is 5240. The van der Waals surface area contributed by atoms with Crippen LogP contribution in [0.1, 0.15) is 99.8 Å². The number of methoxy groups -OCH3 is 3. The average Bonchev–Trinajstić information content (AvgIpc) is 1.62. The van der Waals surface area contributed by atoms with Gasteiger partial charge in [-0.2, -0.15) is 0 Å². The molecule has 9 heterocycles. The first-order valence-corrected chi connectivity index (χ1v) is 32.3. The van der Waals surface area contributed by atoms with Gasteiger partial charge in [0.05, 0.1) is 52.2 Å². The number of ether oxygens (including phenoxy) is 3. The van der Waals surface area contributed by atoms with Gasteiger partial charge in [0, 0.05) is 60.1 Å². The molecular formula is C74H60N14O18. The molecule has 0 aliphatic carbocycles. The Morgan fingerprint density at radius 3 is 1.19 bits per heavy atom. The summed E-state index contributed by atoms with van der Waals surface area (Å²) in [5.41, 5.74) is -0.863. The number of nitrogens with one attached hydrogen (secondary N) is 10. The molecule has 10 N–H and O–H groups in total. The Morgan fingerprint density at radius 1 is 0.396 bits per heavy atom. The van der Waals surface area contributed by atoms with Crippen LogP contribution >= 0.6 is 0 Å². The number of nitrogens with zero attached hydrogens (tertiary/aromatic N) is 4. The second-order valence-electron chi connectivity index (χ2n) is 25.9. The lowest BCUT2D eigenvalue weighted by Gasteiger charge is -2.26. The van der Waals surface area contributed by atoms with Crippen LogP contribution in [-0.2, 0) is 59.5 Å². The number of hydrogen-bond donors (Lipinski definition) is 10. The van der Waals surface area contributed by atoms with Crippen LogP contribution in [0.4, 0.5) is 29.7 Å². The molecule has 9 aliphatic rings. The fourth-order valence-corrected chi connectivity index (χ4v) is 13.1. The smallest absolute Gasteiger partial charge is 0.325 e. The summed E-state index contributed by atoms with van der Waals surface area (Å²) in [4.78, 5) is 191. The Morgan fingerprint density at radius 2 is 0.802 bits per heavy atom. The van der Waals surface area contributed by atoms with Gasteiger partial charge in [-0.1, -0.05) is 78.0 Å². The summed E-state index contributed by atoms with van der Waals surface area (Å²) in [6.07, 6.45) is 0. The van der Waals surface area contributed by atoms with Crippen molar-refractivity contribution in [3.63, 3.8) is 0 Å². The first kappa shape index (κ1) is 70.1. The van der Waals surface area contributed by atoms with E-state index in [4.69, 9.17) is 14.2 Å². The van der Waals surface area contributed by atoms with Gasteiger partial charge in [-0.15, -0.1) is 0 Å². The summed E-state index contributed by atoms with van der Waals surface area (Å²) < 4.78 is 15.6. The summed E-state index contributed by atoms with van der Waals surface area (Å²) >= 11 is 0. The van der Waals surface area contributed by atoms with Gasteiger partial charge in [-0.25, -0.2) is 24.0 Å². The molecule has 5 atom stereocenters. The third kappa shape index (κ3) is 12.7. The van der Waals surface area contributed by atoms with Gasteiger partial charge < -0.3 is 60.8 Å². The number of carbonyl (C=O) groups is 15. The molecule has 5 saturated heterocycles. The normalized spacial score (nSPS) is 23.2. The van der Waals surface area contributed by atoms with E-state index >= 15 is 0 Å². The van der Waals surface area contributed by atoms with E-state index in [9.17, 15) is 71.9 Å². The largest absolute Gasteiger partial charge is 0.497 e. The zero-order valence-electron chi connectivity index (χ0n) is 56.9. The number of likely N-dealkylation sites (N-methyl/N-ethyl adjacent to an activating group) is 1. The van der Waals surface area contributed by atoms with Gasteiger partial charge >= 0.3 is 30.2 Å². The molecule has 106 heavy (non-hydrogen) atoms. The highest BCUT2D eigenvalue weighted by molar-refractivity contribution is 6.51. The first-order chi connectivity index (χ1) is 50.5. The Labute approximate surface area is 601 Å². The Hall–Kier alpha value is -14.4. The maximum atomic E-state index is 13.0. The zero-order valence-corrected chi connectivity index (χ0v) is 56.9. The highest BCUT2D eigenvalue weighted by atomic mass is 16.5. The topological polar surface area (TPSA) is 417 Å². The van der Waals surface area contributed by atoms with Gasteiger partial charge in [0.15, 0.2) is 0 Å². The molecule has 6 aromatic rings. The fourth-order valence-electron chi connectivity index (χ4n) is 13.1. The fraction of sp³-hybridized carbons (Fsp3) is 0.230. The summed E-state index contributed by atoms with van der Waals surface area (Å²) in [7, 11) is 5.92. The van der Waals surface area contributed by atoms with Gasteiger partial charge in [0.25, 0.3) is 58.9 Å². The van der Waals surface area contributed by atoms with Crippen LogP contribution in [0.25, 0.3) is 0 Å². The summed E-state index contributed by atoms with van der Waals surface area (Å²) in [5, 5.41) is 24.2. The second kappa shape index (κ2) is 26.6. The number of carbonyl (C=O) groups excluding carboxylic acids is 15. The van der Waals surface area contributed by atoms with Crippen molar-refractivity contribution < 1.29 is 86.1 Å². The first-order valence-electron chi connectivity index (χ1n) is 32.3. The molecule has 6 aromatic carbocycles. The van der Waals surface area contributed by atoms with Crippen molar-refractivity contribution in [1.29, 1.82) is 0 Å². The molecule has 15 rings (SSSR count). The SMILES string of the molecule is COc1ccc2c(c1)C(=O)N(C[C@@]1(C#Cc3ccc(C4(C)NC(=O)N(C)C4=O)cc3)NC(=O)NC1=O)C2.COc1ccc2c(c1)C(=O)N(C[C@@]1(C#Cc3ccc4c(c3)C(=O)C(=O)N4)NC(=O)NC1=O)C2.COc1ccc2c(c1)C(=O)N(C[C@@]1(C#Cc3cccc(C4(C)NC(=O)NC4=O)c3)NC(=O)NC1=O)C2. The van der Waals surface area contributed by atoms with Crippen LogP contribution in [0.2, 0.25) is 0 Å². The number of rotatable bonds is 11. The van der Waals surface area contributed by atoms with Gasteiger partial charge in [-0.3, -0.25) is 74.1 Å². The lowest BCUT2D eigenvalue weighted by Crippen LogP contribution is -2.54. The van der Waals surface area contributed by atoms with Crippen molar-refractivity contribution in [3.8, 4) is 52.8 Å². The van der Waals surface area contributed by atoms with Crippen LogP contribution in [0.3, 0.4) is 0 Å². The van der Waals surface area contributed by atoms with Crippen LogP contribution in [0, 0.1) is 35.5 Å². The number of anilines is 1. The lowest BCUT2D eigenvalue weighted by atomic mass is 9.91. The molecule has 0 bridgehead atoms. The highest BCUT2D eigenvalue weighted by Crippen LogP contribution is 2.34. The minimum atomic E-state index is -1.68. The van der Waals surface area contributed by atoms with Crippen molar-refractivity contribution in [2.45, 2.75) is 61.2 Å². The van der Waals surface area contributed by atoms with Crippen LogP contribution in [0.5, 0.6) is 17.2 Å². The van der Waals surface area contributed by atoms with Crippen LogP contribution in [-0.4, -0.2) is 173 Å². The van der Waals surface area contributed by atoms with E-state index in [1.54, 1.807) is 123 Å². The average molecular weight is 1430 g/mol. The number of amides is 19. The summed E-state index contributed by atoms with van der Waals surface area (Å²) in [6, 6.07) is 30.0. The number of benzene rings is 6. The second-order valence-corrected chi connectivity index (χ2v) is 25.9. The molecule has 0 aromatic heterocycles. The predicted octanol–water partition coefficient (Wildman–Crippen LogP) is 1.43. The molecular weight excluding hydrogens is 1370 g/mol. The maximum absolute atomic E-state index is 13.0. The zero-order chi connectivity index (χ0) is 75.5. The number of Topliss-reactive ketones (excluding diaryl/α,β-unsaturated/α-hetero) is 1. The number of urea groups is 5. The van der Waals surface area contributed by atoms with E-state index < -0.39 is 93.2 Å².